The van der Waals surface area contributed by atoms with Crippen LogP contribution in [0.5, 0.6) is 0 Å². The molecule has 1 aromatic heterocycles. The topological polar surface area (TPSA) is 87.4 Å². The highest BCUT2D eigenvalue weighted by molar-refractivity contribution is 5.81. The normalized spacial score (nSPS) is 16.9. The maximum Gasteiger partial charge on any atom is 0.241 e. The molecule has 2 rings (SSSR count). The molecule has 3 N–H and O–H groups in total. The van der Waals surface area contributed by atoms with E-state index in [9.17, 15) is 4.79 Å². The van der Waals surface area contributed by atoms with Crippen LogP contribution >= 0.6 is 0 Å². The van der Waals surface area contributed by atoms with Crippen LogP contribution < -0.4 is 16.2 Å². The number of amides is 1. The molecule has 1 aliphatic rings. The zero-order valence-corrected chi connectivity index (χ0v) is 13.2. The van der Waals surface area contributed by atoms with Gasteiger partial charge in [0.1, 0.15) is 17.5 Å². The molecule has 0 aromatic carbocycles. The third kappa shape index (κ3) is 3.60. The van der Waals surface area contributed by atoms with E-state index in [-0.39, 0.29) is 11.3 Å². The summed E-state index contributed by atoms with van der Waals surface area (Å²) in [5.74, 6) is 7.62. The monoisotopic (exact) mass is 292 g/mol. The molecular weight excluding hydrogens is 268 g/mol. The summed E-state index contributed by atoms with van der Waals surface area (Å²) < 4.78 is 0. The molecule has 1 fully saturated rings. The molecule has 0 atom stereocenters. The highest BCUT2D eigenvalue weighted by atomic mass is 16.2. The molecule has 0 bridgehead atoms. The van der Waals surface area contributed by atoms with Gasteiger partial charge in [0.25, 0.3) is 0 Å². The van der Waals surface area contributed by atoms with Gasteiger partial charge >= 0.3 is 0 Å². The molecule has 0 radical (unpaired) electrons. The first-order valence-electron chi connectivity index (χ1n) is 7.16. The predicted molar refractivity (Wildman–Crippen MR) is 83.0 cm³/mol. The van der Waals surface area contributed by atoms with Crippen LogP contribution in [0, 0.1) is 0 Å². The lowest BCUT2D eigenvalue weighted by Crippen LogP contribution is -2.35. The second-order valence-corrected chi connectivity index (χ2v) is 6.42. The van der Waals surface area contributed by atoms with Crippen molar-refractivity contribution in [2.45, 2.75) is 32.6 Å². The maximum atomic E-state index is 12.0. The van der Waals surface area contributed by atoms with Crippen LogP contribution in [-0.2, 0) is 10.2 Å². The fourth-order valence-corrected chi connectivity index (χ4v) is 2.19. The average Bonchev–Trinajstić information content (AvgIpc) is 2.60. The Morgan fingerprint density at radius 3 is 2.62 bits per heavy atom. The largest absolute Gasteiger partial charge is 0.347 e. The first-order chi connectivity index (χ1) is 9.81. The third-order valence-corrected chi connectivity index (χ3v) is 3.53. The predicted octanol–water partition coefficient (Wildman–Crippen LogP) is 0.728. The number of rotatable bonds is 2. The summed E-state index contributed by atoms with van der Waals surface area (Å²) in [7, 11) is 1.83. The van der Waals surface area contributed by atoms with Crippen LogP contribution in [0.25, 0.3) is 0 Å². The van der Waals surface area contributed by atoms with Crippen LogP contribution in [0.15, 0.2) is 6.07 Å². The van der Waals surface area contributed by atoms with Gasteiger partial charge in [0.05, 0.1) is 6.54 Å². The van der Waals surface area contributed by atoms with E-state index in [0.717, 1.165) is 25.3 Å². The lowest BCUT2D eigenvalue weighted by Gasteiger charge is -2.24. The molecule has 2 heterocycles. The fourth-order valence-electron chi connectivity index (χ4n) is 2.19. The molecule has 21 heavy (non-hydrogen) atoms. The number of nitrogens with one attached hydrogen (secondary N) is 1. The standard InChI is InChI=1S/C14H24N6O/c1-14(2,3)13-16-10(18-15)8-11(17-13)20-7-5-6-19(4)12(21)9-20/h8H,5-7,9,15H2,1-4H3,(H,16,17,18). The van der Waals surface area contributed by atoms with E-state index >= 15 is 0 Å². The quantitative estimate of drug-likeness (QED) is 0.617. The summed E-state index contributed by atoms with van der Waals surface area (Å²) in [5, 5.41) is 0. The van der Waals surface area contributed by atoms with Crippen LogP contribution in [0.3, 0.4) is 0 Å². The molecule has 0 aliphatic carbocycles. The van der Waals surface area contributed by atoms with Crippen molar-refractivity contribution in [3.63, 3.8) is 0 Å². The molecule has 7 nitrogen and oxygen atoms in total. The van der Waals surface area contributed by atoms with E-state index in [1.807, 2.05) is 32.7 Å². The van der Waals surface area contributed by atoms with Crippen LogP contribution in [0.4, 0.5) is 11.6 Å². The van der Waals surface area contributed by atoms with E-state index in [2.05, 4.69) is 15.4 Å². The van der Waals surface area contributed by atoms with Gasteiger partial charge in [-0.3, -0.25) is 4.79 Å². The van der Waals surface area contributed by atoms with Crippen molar-refractivity contribution in [1.29, 1.82) is 0 Å². The highest BCUT2D eigenvalue weighted by Crippen LogP contribution is 2.24. The van der Waals surface area contributed by atoms with E-state index in [0.29, 0.717) is 18.2 Å². The number of hydrogen-bond acceptors (Lipinski definition) is 6. The second kappa shape index (κ2) is 5.85. The summed E-state index contributed by atoms with van der Waals surface area (Å²) in [5.41, 5.74) is 2.40. The SMILES string of the molecule is CN1CCCN(c2cc(NN)nc(C(C)(C)C)n2)CC1=O. The molecule has 7 heteroatoms. The molecular formula is C14H24N6O. The Kier molecular flexibility index (Phi) is 4.32. The number of nitrogen functional groups attached to an aromatic ring is 1. The van der Waals surface area contributed by atoms with Crippen molar-refractivity contribution < 1.29 is 4.79 Å². The first-order valence-corrected chi connectivity index (χ1v) is 7.16. The van der Waals surface area contributed by atoms with Gasteiger partial charge in [-0.25, -0.2) is 15.8 Å². The number of aromatic nitrogens is 2. The molecule has 0 spiro atoms. The lowest BCUT2D eigenvalue weighted by molar-refractivity contribution is -0.127. The van der Waals surface area contributed by atoms with E-state index in [1.54, 1.807) is 11.0 Å². The van der Waals surface area contributed by atoms with Gasteiger partial charge in [-0.15, -0.1) is 0 Å². The maximum absolute atomic E-state index is 12.0. The summed E-state index contributed by atoms with van der Waals surface area (Å²) in [4.78, 5) is 24.8. The number of nitrogens with zero attached hydrogens (tertiary/aromatic N) is 4. The van der Waals surface area contributed by atoms with Gasteiger partial charge < -0.3 is 15.2 Å². The number of likely N-dealkylation sites (N-methyl/N-ethyl adjacent to an activating group) is 1. The number of anilines is 2. The zero-order valence-electron chi connectivity index (χ0n) is 13.2. The van der Waals surface area contributed by atoms with Crippen LogP contribution in [0.1, 0.15) is 33.0 Å². The van der Waals surface area contributed by atoms with Crippen molar-refractivity contribution in [3.05, 3.63) is 11.9 Å². The van der Waals surface area contributed by atoms with Gasteiger partial charge in [-0.2, -0.15) is 0 Å². The second-order valence-electron chi connectivity index (χ2n) is 6.42. The van der Waals surface area contributed by atoms with Crippen molar-refractivity contribution in [2.75, 3.05) is 37.0 Å². The molecule has 116 valence electrons. The summed E-state index contributed by atoms with van der Waals surface area (Å²) in [6.45, 7) is 8.05. The van der Waals surface area contributed by atoms with Crippen molar-refractivity contribution in [1.82, 2.24) is 14.9 Å². The number of hydrogen-bond donors (Lipinski definition) is 2. The minimum absolute atomic E-state index is 0.102. The Bertz CT molecular complexity index is 525. The van der Waals surface area contributed by atoms with E-state index in [1.165, 1.54) is 0 Å². The highest BCUT2D eigenvalue weighted by Gasteiger charge is 2.24. The van der Waals surface area contributed by atoms with E-state index < -0.39 is 0 Å². The van der Waals surface area contributed by atoms with Crippen molar-refractivity contribution in [3.8, 4) is 0 Å². The number of carbonyl (C=O) groups excluding carboxylic acids is 1. The number of hydrazine groups is 1. The van der Waals surface area contributed by atoms with Crippen molar-refractivity contribution >= 4 is 17.5 Å². The minimum Gasteiger partial charge on any atom is -0.347 e. The number of nitrogens with two attached hydrogens (primary N) is 1. The fraction of sp³-hybridized carbons (Fsp3) is 0.643. The van der Waals surface area contributed by atoms with Crippen LogP contribution in [0.2, 0.25) is 0 Å². The first kappa shape index (κ1) is 15.5. The molecule has 1 aliphatic heterocycles. The number of carbonyl (C=O) groups is 1. The average molecular weight is 292 g/mol. The Labute approximate surface area is 125 Å². The molecule has 1 aromatic rings. The third-order valence-electron chi connectivity index (χ3n) is 3.53. The molecule has 0 unspecified atom stereocenters. The van der Waals surface area contributed by atoms with Gasteiger partial charge in [0.2, 0.25) is 5.91 Å². The Balaban J connectivity index is 2.36. The Morgan fingerprint density at radius 1 is 1.29 bits per heavy atom. The van der Waals surface area contributed by atoms with Gasteiger partial charge in [-0.05, 0) is 6.42 Å². The van der Waals surface area contributed by atoms with Crippen molar-refractivity contribution in [2.24, 2.45) is 5.84 Å². The smallest absolute Gasteiger partial charge is 0.241 e. The molecule has 0 saturated carbocycles. The van der Waals surface area contributed by atoms with Gasteiger partial charge in [0.15, 0.2) is 0 Å². The Morgan fingerprint density at radius 2 is 2.00 bits per heavy atom. The lowest BCUT2D eigenvalue weighted by atomic mass is 9.96. The molecule has 1 saturated heterocycles. The zero-order chi connectivity index (χ0) is 15.6. The minimum atomic E-state index is -0.186. The summed E-state index contributed by atoms with van der Waals surface area (Å²) in [6, 6.07) is 1.79. The summed E-state index contributed by atoms with van der Waals surface area (Å²) >= 11 is 0. The molecule has 1 amide bonds. The van der Waals surface area contributed by atoms with E-state index in [4.69, 9.17) is 5.84 Å². The van der Waals surface area contributed by atoms with Gasteiger partial charge in [0, 0.05) is 31.6 Å². The van der Waals surface area contributed by atoms with Gasteiger partial charge in [-0.1, -0.05) is 20.8 Å². The summed E-state index contributed by atoms with van der Waals surface area (Å²) in [6.07, 6.45) is 0.919. The Hall–Kier alpha value is -1.89. The van der Waals surface area contributed by atoms with Crippen LogP contribution in [-0.4, -0.2) is 47.5 Å².